The smallest absolute Gasteiger partial charge is 0.257 e. The number of carbonyl (C=O) groups excluding carboxylic acids is 1. The molecule has 1 saturated carbocycles. The highest BCUT2D eigenvalue weighted by Crippen LogP contribution is 2.34. The first-order valence-electron chi connectivity index (χ1n) is 11.2. The number of aromatic nitrogens is 4. The standard InChI is InChI=1S/C24H24ClN7O/c1-29(22-20-8-7-17(25)13-21(20)32-15-26-28-24(32)27-22)18-3-2-4-19(14-18)30-9-11-31(12-10-30)23(33)16-5-6-16/h2-4,7-8,13-16H,5-6,9-12H2,1H3. The summed E-state index contributed by atoms with van der Waals surface area (Å²) in [5.41, 5.74) is 3.08. The fraction of sp³-hybridized carbons (Fsp3) is 0.333. The van der Waals surface area contributed by atoms with Gasteiger partial charge in [0, 0.05) is 60.9 Å². The minimum Gasteiger partial charge on any atom is -0.368 e. The van der Waals surface area contributed by atoms with Gasteiger partial charge in [0.1, 0.15) is 12.1 Å². The fourth-order valence-corrected chi connectivity index (χ4v) is 4.74. The lowest BCUT2D eigenvalue weighted by Gasteiger charge is -2.36. The number of halogens is 1. The van der Waals surface area contributed by atoms with Crippen LogP contribution in [0.25, 0.3) is 16.7 Å². The maximum Gasteiger partial charge on any atom is 0.257 e. The second-order valence-corrected chi connectivity index (χ2v) is 9.20. The Hall–Kier alpha value is -3.39. The summed E-state index contributed by atoms with van der Waals surface area (Å²) in [6.07, 6.45) is 3.77. The van der Waals surface area contributed by atoms with Crippen molar-refractivity contribution in [2.24, 2.45) is 5.92 Å². The average molecular weight is 462 g/mol. The summed E-state index contributed by atoms with van der Waals surface area (Å²) in [6.45, 7) is 3.26. The quantitative estimate of drug-likeness (QED) is 0.461. The van der Waals surface area contributed by atoms with Gasteiger partial charge in [-0.15, -0.1) is 10.2 Å². The lowest BCUT2D eigenvalue weighted by Crippen LogP contribution is -2.49. The van der Waals surface area contributed by atoms with Crippen LogP contribution in [-0.2, 0) is 4.79 Å². The summed E-state index contributed by atoms with van der Waals surface area (Å²) >= 11 is 6.27. The largest absolute Gasteiger partial charge is 0.368 e. The molecule has 4 aromatic rings. The van der Waals surface area contributed by atoms with Gasteiger partial charge < -0.3 is 14.7 Å². The van der Waals surface area contributed by atoms with Crippen LogP contribution in [0, 0.1) is 5.92 Å². The molecule has 0 bridgehead atoms. The van der Waals surface area contributed by atoms with E-state index < -0.39 is 0 Å². The van der Waals surface area contributed by atoms with Gasteiger partial charge in [-0.1, -0.05) is 17.7 Å². The Morgan fingerprint density at radius 2 is 1.91 bits per heavy atom. The number of fused-ring (bicyclic) bond motifs is 3. The van der Waals surface area contributed by atoms with Crippen LogP contribution in [0.3, 0.4) is 0 Å². The minimum absolute atomic E-state index is 0.286. The van der Waals surface area contributed by atoms with Gasteiger partial charge in [-0.3, -0.25) is 9.20 Å². The lowest BCUT2D eigenvalue weighted by molar-refractivity contribution is -0.132. The molecule has 0 atom stereocenters. The van der Waals surface area contributed by atoms with Crippen LogP contribution in [0.2, 0.25) is 5.02 Å². The van der Waals surface area contributed by atoms with Crippen LogP contribution in [0.15, 0.2) is 48.8 Å². The molecule has 168 valence electrons. The number of hydrogen-bond acceptors (Lipinski definition) is 6. The first kappa shape index (κ1) is 20.2. The van der Waals surface area contributed by atoms with Crippen LogP contribution in [0.5, 0.6) is 0 Å². The van der Waals surface area contributed by atoms with Gasteiger partial charge in [-0.05, 0) is 49.2 Å². The number of nitrogens with zero attached hydrogens (tertiary/aromatic N) is 7. The van der Waals surface area contributed by atoms with E-state index in [-0.39, 0.29) is 5.92 Å². The second kappa shape index (κ2) is 7.88. The van der Waals surface area contributed by atoms with E-state index in [4.69, 9.17) is 16.6 Å². The van der Waals surface area contributed by atoms with Gasteiger partial charge in [0.05, 0.1) is 5.52 Å². The van der Waals surface area contributed by atoms with Crippen LogP contribution in [0.1, 0.15) is 12.8 Å². The van der Waals surface area contributed by atoms with Gasteiger partial charge >= 0.3 is 0 Å². The molecule has 0 unspecified atom stereocenters. The number of hydrogen-bond donors (Lipinski definition) is 0. The van der Waals surface area contributed by atoms with Crippen molar-refractivity contribution < 1.29 is 4.79 Å². The summed E-state index contributed by atoms with van der Waals surface area (Å²) in [5, 5.41) is 9.79. The number of piperazine rings is 1. The monoisotopic (exact) mass is 461 g/mol. The van der Waals surface area contributed by atoms with E-state index in [1.165, 1.54) is 0 Å². The third-order valence-corrected chi connectivity index (χ3v) is 6.85. The fourth-order valence-electron chi connectivity index (χ4n) is 4.57. The molecule has 2 aromatic carbocycles. The van der Waals surface area contributed by atoms with Crippen molar-refractivity contribution in [2.45, 2.75) is 12.8 Å². The maximum atomic E-state index is 12.4. The molecule has 3 heterocycles. The molecular formula is C24H24ClN7O. The van der Waals surface area contributed by atoms with E-state index in [0.717, 1.165) is 67.1 Å². The van der Waals surface area contributed by atoms with E-state index in [2.05, 4.69) is 44.3 Å². The summed E-state index contributed by atoms with van der Waals surface area (Å²) < 4.78 is 1.84. The Bertz CT molecular complexity index is 1360. The van der Waals surface area contributed by atoms with Gasteiger partial charge in [0.2, 0.25) is 5.91 Å². The van der Waals surface area contributed by atoms with Gasteiger partial charge in [0.15, 0.2) is 0 Å². The van der Waals surface area contributed by atoms with Crippen LogP contribution in [-0.4, -0.2) is 63.6 Å². The van der Waals surface area contributed by atoms with Crippen molar-refractivity contribution in [3.8, 4) is 0 Å². The predicted octanol–water partition coefficient (Wildman–Crippen LogP) is 3.76. The Kier molecular flexibility index (Phi) is 4.83. The van der Waals surface area contributed by atoms with Gasteiger partial charge in [-0.2, -0.15) is 4.98 Å². The molecule has 1 amide bonds. The maximum absolute atomic E-state index is 12.4. The Labute approximate surface area is 196 Å². The summed E-state index contributed by atoms with van der Waals surface area (Å²) in [4.78, 5) is 23.6. The number of benzene rings is 2. The number of carbonyl (C=O) groups is 1. The van der Waals surface area contributed by atoms with Crippen LogP contribution >= 0.6 is 11.6 Å². The molecule has 2 fully saturated rings. The molecule has 0 N–H and O–H groups in total. The highest BCUT2D eigenvalue weighted by atomic mass is 35.5. The Balaban J connectivity index is 1.29. The topological polar surface area (TPSA) is 69.9 Å². The summed E-state index contributed by atoms with van der Waals surface area (Å²) in [7, 11) is 2.01. The van der Waals surface area contributed by atoms with Crippen LogP contribution in [0.4, 0.5) is 17.2 Å². The predicted molar refractivity (Wildman–Crippen MR) is 129 cm³/mol. The SMILES string of the molecule is CN(c1cccc(N2CCN(C(=O)C3CC3)CC2)c1)c1nc2nncn2c2cc(Cl)ccc12. The molecule has 1 aliphatic heterocycles. The molecule has 2 aromatic heterocycles. The van der Waals surface area contributed by atoms with Crippen LogP contribution < -0.4 is 9.80 Å². The molecule has 0 radical (unpaired) electrons. The molecule has 1 saturated heterocycles. The molecule has 8 nitrogen and oxygen atoms in total. The zero-order valence-corrected chi connectivity index (χ0v) is 19.1. The first-order chi connectivity index (χ1) is 16.1. The molecule has 6 rings (SSSR count). The number of amides is 1. The van der Waals surface area contributed by atoms with Crippen molar-refractivity contribution in [1.29, 1.82) is 0 Å². The van der Waals surface area contributed by atoms with Crippen molar-refractivity contribution >= 4 is 51.4 Å². The number of rotatable bonds is 4. The van der Waals surface area contributed by atoms with Crippen molar-refractivity contribution in [2.75, 3.05) is 43.0 Å². The average Bonchev–Trinajstić information content (AvgIpc) is 3.59. The lowest BCUT2D eigenvalue weighted by atomic mass is 10.2. The molecule has 33 heavy (non-hydrogen) atoms. The summed E-state index contributed by atoms with van der Waals surface area (Å²) in [5.74, 6) is 1.94. The van der Waals surface area contributed by atoms with E-state index in [1.54, 1.807) is 6.33 Å². The van der Waals surface area contributed by atoms with Gasteiger partial charge in [-0.25, -0.2) is 0 Å². The molecule has 0 spiro atoms. The Morgan fingerprint density at radius 1 is 1.09 bits per heavy atom. The molecular weight excluding hydrogens is 438 g/mol. The van der Waals surface area contributed by atoms with Gasteiger partial charge in [0.25, 0.3) is 5.78 Å². The highest BCUT2D eigenvalue weighted by molar-refractivity contribution is 6.31. The summed E-state index contributed by atoms with van der Waals surface area (Å²) in [6, 6.07) is 14.2. The van der Waals surface area contributed by atoms with E-state index >= 15 is 0 Å². The van der Waals surface area contributed by atoms with Crippen molar-refractivity contribution in [1.82, 2.24) is 24.5 Å². The zero-order chi connectivity index (χ0) is 22.5. The molecule has 2 aliphatic rings. The van der Waals surface area contributed by atoms with E-state index in [9.17, 15) is 4.79 Å². The Morgan fingerprint density at radius 3 is 2.70 bits per heavy atom. The third kappa shape index (κ3) is 3.64. The first-order valence-corrected chi connectivity index (χ1v) is 11.6. The van der Waals surface area contributed by atoms with Crippen molar-refractivity contribution in [3.05, 3.63) is 53.8 Å². The molecule has 9 heteroatoms. The minimum atomic E-state index is 0.286. The zero-order valence-electron chi connectivity index (χ0n) is 18.4. The van der Waals surface area contributed by atoms with E-state index in [1.807, 2.05) is 34.5 Å². The number of anilines is 3. The third-order valence-electron chi connectivity index (χ3n) is 6.61. The van der Waals surface area contributed by atoms with E-state index in [0.29, 0.717) is 16.7 Å². The van der Waals surface area contributed by atoms with Crippen molar-refractivity contribution in [3.63, 3.8) is 0 Å². The normalized spacial score (nSPS) is 16.5. The second-order valence-electron chi connectivity index (χ2n) is 8.76. The highest BCUT2D eigenvalue weighted by Gasteiger charge is 2.34. The molecule has 1 aliphatic carbocycles.